The Morgan fingerprint density at radius 1 is 1.18 bits per heavy atom. The van der Waals surface area contributed by atoms with Gasteiger partial charge in [-0.05, 0) is 67.9 Å². The maximum atomic E-state index is 13.5. The average Bonchev–Trinajstić information content (AvgIpc) is 3.10. The lowest BCUT2D eigenvalue weighted by atomic mass is 9.52. The molecule has 4 bridgehead atoms. The number of rotatable bonds is 6. The summed E-state index contributed by atoms with van der Waals surface area (Å²) in [4.78, 5) is 26.6. The second kappa shape index (κ2) is 8.05. The van der Waals surface area contributed by atoms with Gasteiger partial charge in [0.2, 0.25) is 5.78 Å². The van der Waals surface area contributed by atoms with Gasteiger partial charge in [0.1, 0.15) is 5.69 Å². The number of nitrogens with zero attached hydrogens (tertiary/aromatic N) is 1. The molecule has 2 unspecified atom stereocenters. The van der Waals surface area contributed by atoms with Crippen molar-refractivity contribution in [2.24, 2.45) is 24.8 Å². The van der Waals surface area contributed by atoms with Crippen LogP contribution in [0, 0.1) is 17.8 Å². The summed E-state index contributed by atoms with van der Waals surface area (Å²) in [6.45, 7) is 1.91. The summed E-state index contributed by atoms with van der Waals surface area (Å²) >= 11 is 0. The van der Waals surface area contributed by atoms with Gasteiger partial charge in [-0.3, -0.25) is 9.59 Å². The lowest BCUT2D eigenvalue weighted by Gasteiger charge is -2.58. The zero-order valence-corrected chi connectivity index (χ0v) is 19.0. The van der Waals surface area contributed by atoms with Crippen LogP contribution >= 0.6 is 0 Å². The fourth-order valence-electron chi connectivity index (χ4n) is 6.92. The van der Waals surface area contributed by atoms with E-state index in [4.69, 9.17) is 0 Å². The number of aliphatic hydroxyl groups is 1. The number of alkyl halides is 2. The standard InChI is InChI=1S/C26H30F2N2O3/c1-3-15-10-20(23(31)18-6-4-5-7-19(18)24(27)28)30(2)22(15)25(32)29-21-16-8-14-9-17(21)13-26(33,11-14)12-16/h4-7,10,14,16-17,21,24,33H,3,8-9,11-13H2,1-2H3,(H,29,32). The van der Waals surface area contributed by atoms with Crippen LogP contribution in [0.25, 0.3) is 0 Å². The van der Waals surface area contributed by atoms with E-state index < -0.39 is 17.8 Å². The summed E-state index contributed by atoms with van der Waals surface area (Å²) in [6.07, 6.45) is 2.19. The van der Waals surface area contributed by atoms with E-state index in [0.717, 1.165) is 37.7 Å². The number of carbonyl (C=O) groups excluding carboxylic acids is 2. The molecule has 0 radical (unpaired) electrons. The maximum absolute atomic E-state index is 13.5. The minimum Gasteiger partial charge on any atom is -0.390 e. The Balaban J connectivity index is 1.43. The van der Waals surface area contributed by atoms with Crippen LogP contribution in [-0.2, 0) is 13.5 Å². The van der Waals surface area contributed by atoms with E-state index >= 15 is 0 Å². The first-order chi connectivity index (χ1) is 15.7. The number of benzene rings is 1. The van der Waals surface area contributed by atoms with Gasteiger partial charge in [-0.2, -0.15) is 0 Å². The van der Waals surface area contributed by atoms with Crippen molar-refractivity contribution in [3.8, 4) is 0 Å². The molecule has 4 aliphatic carbocycles. The summed E-state index contributed by atoms with van der Waals surface area (Å²) in [5.41, 5.74) is 0.425. The maximum Gasteiger partial charge on any atom is 0.268 e. The molecule has 7 heteroatoms. The molecule has 176 valence electrons. The Hall–Kier alpha value is -2.54. The second-order valence-corrected chi connectivity index (χ2v) is 10.2. The summed E-state index contributed by atoms with van der Waals surface area (Å²) < 4.78 is 28.5. The largest absolute Gasteiger partial charge is 0.390 e. The van der Waals surface area contributed by atoms with Crippen LogP contribution in [0.5, 0.6) is 0 Å². The highest BCUT2D eigenvalue weighted by Gasteiger charge is 2.55. The Bertz CT molecular complexity index is 1090. The van der Waals surface area contributed by atoms with Gasteiger partial charge in [-0.25, -0.2) is 8.78 Å². The van der Waals surface area contributed by atoms with Crippen LogP contribution in [0.1, 0.15) is 83.1 Å². The molecule has 33 heavy (non-hydrogen) atoms. The lowest BCUT2D eigenvalue weighted by molar-refractivity contribution is -0.137. The van der Waals surface area contributed by atoms with Crippen molar-refractivity contribution in [1.82, 2.24) is 9.88 Å². The van der Waals surface area contributed by atoms with Crippen LogP contribution in [0.3, 0.4) is 0 Å². The number of halogens is 2. The number of ketones is 1. The summed E-state index contributed by atoms with van der Waals surface area (Å²) in [5.74, 6) is 0.337. The molecule has 1 amide bonds. The highest BCUT2D eigenvalue weighted by Crippen LogP contribution is 2.55. The molecule has 0 spiro atoms. The molecule has 4 fully saturated rings. The minimum atomic E-state index is -2.76. The van der Waals surface area contributed by atoms with Crippen molar-refractivity contribution in [3.05, 3.63) is 58.4 Å². The molecule has 2 atom stereocenters. The fraction of sp³-hybridized carbons (Fsp3) is 0.538. The Morgan fingerprint density at radius 3 is 2.45 bits per heavy atom. The van der Waals surface area contributed by atoms with Crippen molar-refractivity contribution < 1.29 is 23.5 Å². The van der Waals surface area contributed by atoms with E-state index in [2.05, 4.69) is 5.32 Å². The zero-order valence-electron chi connectivity index (χ0n) is 19.0. The van der Waals surface area contributed by atoms with Gasteiger partial charge in [-0.15, -0.1) is 0 Å². The van der Waals surface area contributed by atoms with Crippen molar-refractivity contribution >= 4 is 11.7 Å². The Kier molecular flexibility index (Phi) is 5.43. The number of aryl methyl sites for hydroxylation is 1. The van der Waals surface area contributed by atoms with Gasteiger partial charge in [-0.1, -0.05) is 31.2 Å². The van der Waals surface area contributed by atoms with E-state index in [1.54, 1.807) is 23.7 Å². The number of amides is 1. The molecule has 0 saturated heterocycles. The van der Waals surface area contributed by atoms with Crippen molar-refractivity contribution in [2.45, 2.75) is 63.5 Å². The van der Waals surface area contributed by atoms with E-state index in [1.165, 1.54) is 18.2 Å². The smallest absolute Gasteiger partial charge is 0.268 e. The molecule has 0 aliphatic heterocycles. The normalized spacial score (nSPS) is 30.1. The fourth-order valence-corrected chi connectivity index (χ4v) is 6.92. The SMILES string of the molecule is CCc1cc(C(=O)c2ccccc2C(F)F)n(C)c1C(=O)NC1C2CC3CC1CC(O)(C3)C2. The highest BCUT2D eigenvalue weighted by molar-refractivity contribution is 6.10. The van der Waals surface area contributed by atoms with E-state index in [0.29, 0.717) is 18.0 Å². The number of nitrogens with one attached hydrogen (secondary N) is 1. The molecule has 2 aromatic rings. The third kappa shape index (κ3) is 3.70. The van der Waals surface area contributed by atoms with Crippen LogP contribution in [0.2, 0.25) is 0 Å². The van der Waals surface area contributed by atoms with Crippen LogP contribution in [0.4, 0.5) is 8.78 Å². The Morgan fingerprint density at radius 2 is 1.85 bits per heavy atom. The zero-order chi connectivity index (χ0) is 23.5. The molecule has 1 aromatic heterocycles. The predicted molar refractivity (Wildman–Crippen MR) is 119 cm³/mol. The predicted octanol–water partition coefficient (Wildman–Crippen LogP) is 4.43. The van der Waals surface area contributed by atoms with Crippen LogP contribution in [0.15, 0.2) is 30.3 Å². The summed E-state index contributed by atoms with van der Waals surface area (Å²) in [7, 11) is 1.64. The molecular weight excluding hydrogens is 426 g/mol. The van der Waals surface area contributed by atoms with Crippen molar-refractivity contribution in [2.75, 3.05) is 0 Å². The molecular formula is C26H30F2N2O3. The molecule has 5 nitrogen and oxygen atoms in total. The molecule has 4 saturated carbocycles. The number of hydrogen-bond donors (Lipinski definition) is 2. The molecule has 1 aromatic carbocycles. The molecule has 6 rings (SSSR count). The molecule has 1 heterocycles. The lowest BCUT2D eigenvalue weighted by Crippen LogP contribution is -2.61. The Labute approximate surface area is 192 Å². The minimum absolute atomic E-state index is 0.0210. The third-order valence-electron chi connectivity index (χ3n) is 8.12. The average molecular weight is 457 g/mol. The number of hydrogen-bond acceptors (Lipinski definition) is 3. The first-order valence-electron chi connectivity index (χ1n) is 11.8. The van der Waals surface area contributed by atoms with Gasteiger partial charge in [0.05, 0.1) is 11.3 Å². The van der Waals surface area contributed by atoms with E-state index in [9.17, 15) is 23.5 Å². The second-order valence-electron chi connectivity index (χ2n) is 10.2. The highest BCUT2D eigenvalue weighted by atomic mass is 19.3. The molecule has 4 aliphatic rings. The van der Waals surface area contributed by atoms with Crippen LogP contribution < -0.4 is 5.32 Å². The first-order valence-corrected chi connectivity index (χ1v) is 11.8. The van der Waals surface area contributed by atoms with Gasteiger partial charge in [0, 0.05) is 24.2 Å². The monoisotopic (exact) mass is 456 g/mol. The van der Waals surface area contributed by atoms with Gasteiger partial charge in [0.15, 0.2) is 0 Å². The van der Waals surface area contributed by atoms with Gasteiger partial charge >= 0.3 is 0 Å². The van der Waals surface area contributed by atoms with Gasteiger partial charge in [0.25, 0.3) is 12.3 Å². The molecule has 2 N–H and O–H groups in total. The topological polar surface area (TPSA) is 71.3 Å². The quantitative estimate of drug-likeness (QED) is 0.632. The van der Waals surface area contributed by atoms with Crippen molar-refractivity contribution in [3.63, 3.8) is 0 Å². The van der Waals surface area contributed by atoms with E-state index in [-0.39, 0.29) is 40.6 Å². The summed E-state index contributed by atoms with van der Waals surface area (Å²) in [5, 5.41) is 14.1. The number of aromatic nitrogens is 1. The van der Waals surface area contributed by atoms with Gasteiger partial charge < -0.3 is 15.0 Å². The van der Waals surface area contributed by atoms with E-state index in [1.807, 2.05) is 6.92 Å². The van der Waals surface area contributed by atoms with Crippen molar-refractivity contribution in [1.29, 1.82) is 0 Å². The summed E-state index contributed by atoms with van der Waals surface area (Å²) in [6, 6.07) is 7.39. The first kappa shape index (κ1) is 22.3. The number of carbonyl (C=O) groups is 2. The van der Waals surface area contributed by atoms with Crippen LogP contribution in [-0.4, -0.2) is 33.0 Å². The third-order valence-corrected chi connectivity index (χ3v) is 8.12.